The Morgan fingerprint density at radius 3 is 2.22 bits per heavy atom. The van der Waals surface area contributed by atoms with Crippen molar-refractivity contribution in [1.29, 1.82) is 0 Å². The molecule has 3 rings (SSSR count). The molecule has 0 saturated heterocycles. The van der Waals surface area contributed by atoms with Crippen molar-refractivity contribution in [3.63, 3.8) is 0 Å². The molecule has 0 aliphatic heterocycles. The third kappa shape index (κ3) is 5.55. The fourth-order valence-electron chi connectivity index (χ4n) is 3.00. The lowest BCUT2D eigenvalue weighted by molar-refractivity contribution is -0.139. The molecular formula is C23H24N2O6S. The van der Waals surface area contributed by atoms with Gasteiger partial charge in [0.15, 0.2) is 9.84 Å². The van der Waals surface area contributed by atoms with E-state index in [-0.39, 0.29) is 23.7 Å². The van der Waals surface area contributed by atoms with E-state index in [9.17, 15) is 18.0 Å². The maximum Gasteiger partial charge on any atom is 0.309 e. The number of ether oxygens (including phenoxy) is 1. The van der Waals surface area contributed by atoms with Crippen molar-refractivity contribution in [3.05, 3.63) is 83.8 Å². The first-order valence-corrected chi connectivity index (χ1v) is 11.4. The van der Waals surface area contributed by atoms with Crippen molar-refractivity contribution in [3.8, 4) is 5.75 Å². The lowest BCUT2D eigenvalue weighted by Gasteiger charge is -2.17. The molecule has 1 aromatic heterocycles. The van der Waals surface area contributed by atoms with Crippen LogP contribution < -0.4 is 15.4 Å². The Hall–Kier alpha value is -3.59. The molecule has 0 spiro atoms. The lowest BCUT2D eigenvalue weighted by Crippen LogP contribution is -2.42. The molecule has 1 atom stereocenters. The molecule has 8 nitrogen and oxygen atoms in total. The summed E-state index contributed by atoms with van der Waals surface area (Å²) in [4.78, 5) is 24.6. The summed E-state index contributed by atoms with van der Waals surface area (Å²) in [5.74, 6) is -0.956. The minimum Gasteiger partial charge on any atom is -0.497 e. The summed E-state index contributed by atoms with van der Waals surface area (Å²) >= 11 is 0. The summed E-state index contributed by atoms with van der Waals surface area (Å²) in [5.41, 5.74) is 1.70. The average molecular weight is 457 g/mol. The van der Waals surface area contributed by atoms with Crippen molar-refractivity contribution < 1.29 is 27.2 Å². The van der Waals surface area contributed by atoms with Gasteiger partial charge in [0, 0.05) is 13.1 Å². The zero-order valence-electron chi connectivity index (χ0n) is 17.7. The molecule has 0 saturated carbocycles. The predicted molar refractivity (Wildman–Crippen MR) is 118 cm³/mol. The highest BCUT2D eigenvalue weighted by atomic mass is 32.2. The second-order valence-electron chi connectivity index (χ2n) is 7.10. The van der Waals surface area contributed by atoms with E-state index >= 15 is 0 Å². The molecule has 2 N–H and O–H groups in total. The third-order valence-electron chi connectivity index (χ3n) is 4.85. The quantitative estimate of drug-likeness (QED) is 0.504. The van der Waals surface area contributed by atoms with Crippen LogP contribution in [-0.4, -0.2) is 33.9 Å². The molecule has 168 valence electrons. The Bertz CT molecular complexity index is 1150. The van der Waals surface area contributed by atoms with Gasteiger partial charge in [0.25, 0.3) is 0 Å². The van der Waals surface area contributed by atoms with Crippen LogP contribution >= 0.6 is 0 Å². The number of rotatable bonds is 8. The second-order valence-corrected chi connectivity index (χ2v) is 9.23. The Morgan fingerprint density at radius 2 is 1.62 bits per heavy atom. The topological polar surface area (TPSA) is 115 Å². The zero-order chi connectivity index (χ0) is 23.1. The smallest absolute Gasteiger partial charge is 0.309 e. The van der Waals surface area contributed by atoms with E-state index in [1.807, 2.05) is 6.92 Å². The molecular weight excluding hydrogens is 432 g/mol. The number of carbonyl (C=O) groups excluding carboxylic acids is 2. The molecule has 0 aliphatic rings. The highest BCUT2D eigenvalue weighted by Gasteiger charge is 2.32. The Balaban J connectivity index is 1.66. The molecule has 0 aliphatic carbocycles. The van der Waals surface area contributed by atoms with Gasteiger partial charge in [-0.15, -0.1) is 0 Å². The number of benzene rings is 2. The van der Waals surface area contributed by atoms with Gasteiger partial charge in [0.1, 0.15) is 16.8 Å². The lowest BCUT2D eigenvalue weighted by atomic mass is 10.2. The Labute approximate surface area is 186 Å². The van der Waals surface area contributed by atoms with Crippen molar-refractivity contribution >= 4 is 21.7 Å². The number of sulfone groups is 1. The van der Waals surface area contributed by atoms with Crippen LogP contribution in [0.2, 0.25) is 0 Å². The molecule has 0 bridgehead atoms. The zero-order valence-corrected chi connectivity index (χ0v) is 18.5. The van der Waals surface area contributed by atoms with Crippen LogP contribution in [0.4, 0.5) is 0 Å². The first kappa shape index (κ1) is 23.1. The van der Waals surface area contributed by atoms with Crippen LogP contribution in [-0.2, 0) is 26.0 Å². The van der Waals surface area contributed by atoms with E-state index < -0.39 is 26.9 Å². The molecule has 9 heteroatoms. The van der Waals surface area contributed by atoms with E-state index in [1.165, 1.54) is 24.5 Å². The van der Waals surface area contributed by atoms with Gasteiger partial charge >= 0.3 is 11.8 Å². The molecule has 2 amide bonds. The predicted octanol–water partition coefficient (Wildman–Crippen LogP) is 2.54. The second kappa shape index (κ2) is 10.1. The van der Waals surface area contributed by atoms with Crippen LogP contribution in [0.5, 0.6) is 5.75 Å². The molecule has 2 aromatic carbocycles. The molecule has 1 heterocycles. The number of hydrogen-bond acceptors (Lipinski definition) is 6. The third-order valence-corrected chi connectivity index (χ3v) is 6.93. The average Bonchev–Trinajstić information content (AvgIpc) is 3.32. The summed E-state index contributed by atoms with van der Waals surface area (Å²) in [6.45, 7) is 1.67. The van der Waals surface area contributed by atoms with Gasteiger partial charge in [0.05, 0.1) is 18.3 Å². The number of hydrogen-bond donors (Lipinski definition) is 2. The van der Waals surface area contributed by atoms with E-state index in [4.69, 9.17) is 9.15 Å². The van der Waals surface area contributed by atoms with Gasteiger partial charge in [-0.3, -0.25) is 9.59 Å². The fraction of sp³-hybridized carbons (Fsp3) is 0.217. The largest absolute Gasteiger partial charge is 0.497 e. The van der Waals surface area contributed by atoms with Gasteiger partial charge < -0.3 is 19.8 Å². The van der Waals surface area contributed by atoms with E-state index in [0.29, 0.717) is 5.75 Å². The molecule has 32 heavy (non-hydrogen) atoms. The summed E-state index contributed by atoms with van der Waals surface area (Å²) in [7, 11) is -2.32. The number of furan rings is 1. The van der Waals surface area contributed by atoms with Crippen molar-refractivity contribution in [2.24, 2.45) is 0 Å². The fourth-order valence-corrected chi connectivity index (χ4v) is 4.59. The van der Waals surface area contributed by atoms with Crippen LogP contribution in [0.3, 0.4) is 0 Å². The molecule has 0 radical (unpaired) electrons. The van der Waals surface area contributed by atoms with Crippen molar-refractivity contribution in [2.45, 2.75) is 23.6 Å². The van der Waals surface area contributed by atoms with E-state index in [1.54, 1.807) is 49.6 Å². The van der Waals surface area contributed by atoms with E-state index in [0.717, 1.165) is 11.1 Å². The van der Waals surface area contributed by atoms with Crippen molar-refractivity contribution in [1.82, 2.24) is 10.6 Å². The van der Waals surface area contributed by atoms with Crippen LogP contribution in [0.25, 0.3) is 0 Å². The number of nitrogens with one attached hydrogen (secondary N) is 2. The molecule has 3 aromatic rings. The molecule has 0 unspecified atom stereocenters. The molecule has 0 fully saturated rings. The maximum atomic E-state index is 13.2. The van der Waals surface area contributed by atoms with Crippen LogP contribution in [0.1, 0.15) is 22.1 Å². The SMILES string of the molecule is COc1ccc(CNC(=O)C(=O)NC[C@@H](c2ccco2)S(=O)(=O)c2ccc(C)cc2)cc1. The van der Waals surface area contributed by atoms with Gasteiger partial charge in [0.2, 0.25) is 0 Å². The summed E-state index contributed by atoms with van der Waals surface area (Å²) in [6, 6.07) is 16.5. The first-order chi connectivity index (χ1) is 15.3. The Kier molecular flexibility index (Phi) is 7.32. The first-order valence-electron chi connectivity index (χ1n) is 9.84. The van der Waals surface area contributed by atoms with Gasteiger partial charge in [-0.05, 0) is 48.9 Å². The van der Waals surface area contributed by atoms with Gasteiger partial charge in [-0.1, -0.05) is 29.8 Å². The summed E-state index contributed by atoms with van der Waals surface area (Å²) < 4.78 is 36.7. The minimum absolute atomic E-state index is 0.0997. The van der Waals surface area contributed by atoms with Crippen LogP contribution in [0.15, 0.2) is 76.2 Å². The van der Waals surface area contributed by atoms with Gasteiger partial charge in [-0.25, -0.2) is 8.42 Å². The van der Waals surface area contributed by atoms with E-state index in [2.05, 4.69) is 10.6 Å². The summed E-state index contributed by atoms with van der Waals surface area (Å²) in [6.07, 6.45) is 1.36. The highest BCUT2D eigenvalue weighted by Crippen LogP contribution is 2.29. The minimum atomic E-state index is -3.88. The number of amides is 2. The van der Waals surface area contributed by atoms with Gasteiger partial charge in [-0.2, -0.15) is 0 Å². The summed E-state index contributed by atoms with van der Waals surface area (Å²) in [5, 5.41) is 3.73. The van der Waals surface area contributed by atoms with Crippen LogP contribution in [0, 0.1) is 6.92 Å². The number of carbonyl (C=O) groups is 2. The normalized spacial score (nSPS) is 12.1. The highest BCUT2D eigenvalue weighted by molar-refractivity contribution is 7.91. The standard InChI is InChI=1S/C23H24N2O6S/c1-16-5-11-19(12-6-16)32(28,29)21(20-4-3-13-31-20)15-25-23(27)22(26)24-14-17-7-9-18(30-2)10-8-17/h3-13,21H,14-15H2,1-2H3,(H,24,26)(H,25,27)/t21-/m0/s1. The van der Waals surface area contributed by atoms with Crippen molar-refractivity contribution in [2.75, 3.05) is 13.7 Å². The maximum absolute atomic E-state index is 13.2. The monoisotopic (exact) mass is 456 g/mol. The Morgan fingerprint density at radius 1 is 0.969 bits per heavy atom. The number of aryl methyl sites for hydroxylation is 1. The number of methoxy groups -OCH3 is 1.